The molecule has 0 spiro atoms. The third-order valence-corrected chi connectivity index (χ3v) is 4.23. The van der Waals surface area contributed by atoms with E-state index in [2.05, 4.69) is 15.5 Å². The number of nitrogens with one attached hydrogen (secondary N) is 1. The van der Waals surface area contributed by atoms with Crippen LogP contribution in [0.3, 0.4) is 0 Å². The summed E-state index contributed by atoms with van der Waals surface area (Å²) in [5.74, 6) is 0.691. The van der Waals surface area contributed by atoms with E-state index in [0.717, 1.165) is 10.9 Å². The van der Waals surface area contributed by atoms with Gasteiger partial charge in [0.05, 0.1) is 19.8 Å². The number of ether oxygens (including phenoxy) is 1. The summed E-state index contributed by atoms with van der Waals surface area (Å²) in [5, 5.41) is 11.8. The minimum Gasteiger partial charge on any atom is -0.497 e. The molecule has 136 valence electrons. The number of halogens is 1. The molecular weight excluding hydrogens is 370 g/mol. The second-order valence-electron chi connectivity index (χ2n) is 5.77. The molecule has 1 N–H and O–H groups in total. The Balaban J connectivity index is 1.46. The normalized spacial score (nSPS) is 10.9. The van der Waals surface area contributed by atoms with Crippen molar-refractivity contribution in [3.63, 3.8) is 0 Å². The van der Waals surface area contributed by atoms with Crippen LogP contribution in [-0.4, -0.2) is 23.2 Å². The molecule has 2 heterocycles. The van der Waals surface area contributed by atoms with E-state index in [9.17, 15) is 4.79 Å². The molecule has 0 saturated carbocycles. The lowest BCUT2D eigenvalue weighted by Crippen LogP contribution is -2.14. The lowest BCUT2D eigenvalue weighted by atomic mass is 10.1. The smallest absolute Gasteiger partial charge is 0.322 e. The van der Waals surface area contributed by atoms with Crippen molar-refractivity contribution in [1.29, 1.82) is 0 Å². The summed E-state index contributed by atoms with van der Waals surface area (Å²) in [6.45, 7) is 0. The van der Waals surface area contributed by atoms with Gasteiger partial charge in [0, 0.05) is 27.6 Å². The molecular formula is C19H14ClN3O4. The van der Waals surface area contributed by atoms with Gasteiger partial charge in [0.1, 0.15) is 11.3 Å². The number of nitrogens with zero attached hydrogens (tertiary/aromatic N) is 2. The van der Waals surface area contributed by atoms with Crippen molar-refractivity contribution >= 4 is 34.5 Å². The van der Waals surface area contributed by atoms with Crippen LogP contribution >= 0.6 is 11.6 Å². The summed E-state index contributed by atoms with van der Waals surface area (Å²) in [5.41, 5.74) is 2.12. The van der Waals surface area contributed by atoms with Crippen LogP contribution < -0.4 is 10.1 Å². The summed E-state index contributed by atoms with van der Waals surface area (Å²) in [6, 6.07) is 12.4. The van der Waals surface area contributed by atoms with Gasteiger partial charge in [-0.25, -0.2) is 0 Å². The van der Waals surface area contributed by atoms with E-state index >= 15 is 0 Å². The summed E-state index contributed by atoms with van der Waals surface area (Å²) in [4.78, 5) is 12.3. The van der Waals surface area contributed by atoms with E-state index in [1.54, 1.807) is 43.7 Å². The van der Waals surface area contributed by atoms with Crippen LogP contribution in [0.25, 0.3) is 22.4 Å². The maximum atomic E-state index is 12.3. The number of fused-ring (bicyclic) bond motifs is 1. The number of carbonyl (C=O) groups excluding carboxylic acids is 1. The number of anilines is 1. The minimum atomic E-state index is -0.292. The molecule has 4 aromatic rings. The molecule has 0 atom stereocenters. The number of carbonyl (C=O) groups is 1. The van der Waals surface area contributed by atoms with Crippen molar-refractivity contribution < 1.29 is 18.4 Å². The number of furan rings is 1. The van der Waals surface area contributed by atoms with Crippen LogP contribution in [0, 0.1) is 0 Å². The molecule has 0 radical (unpaired) electrons. The topological polar surface area (TPSA) is 90.4 Å². The van der Waals surface area contributed by atoms with E-state index in [0.29, 0.717) is 27.8 Å². The summed E-state index contributed by atoms with van der Waals surface area (Å²) >= 11 is 5.86. The first kappa shape index (κ1) is 17.1. The molecule has 7 nitrogen and oxygen atoms in total. The first-order chi connectivity index (χ1) is 13.1. The van der Waals surface area contributed by atoms with Crippen molar-refractivity contribution in [1.82, 2.24) is 10.2 Å². The highest BCUT2D eigenvalue weighted by Crippen LogP contribution is 2.26. The molecule has 0 aliphatic carbocycles. The molecule has 0 aliphatic rings. The Bertz CT molecular complexity index is 1100. The second kappa shape index (κ2) is 7.13. The van der Waals surface area contributed by atoms with Gasteiger partial charge in [0.25, 0.3) is 0 Å². The fraction of sp³-hybridized carbons (Fsp3) is 0.105. The average molecular weight is 384 g/mol. The Labute approximate surface area is 158 Å². The molecule has 2 aromatic heterocycles. The van der Waals surface area contributed by atoms with Crippen LogP contribution in [0.1, 0.15) is 5.56 Å². The number of rotatable bonds is 5. The molecule has 2 aromatic carbocycles. The van der Waals surface area contributed by atoms with Crippen LogP contribution in [0.15, 0.2) is 57.6 Å². The number of methoxy groups -OCH3 is 1. The maximum Gasteiger partial charge on any atom is 0.322 e. The largest absolute Gasteiger partial charge is 0.497 e. The van der Waals surface area contributed by atoms with Crippen molar-refractivity contribution in [2.75, 3.05) is 12.4 Å². The van der Waals surface area contributed by atoms with Gasteiger partial charge in [0.15, 0.2) is 0 Å². The first-order valence-electron chi connectivity index (χ1n) is 8.06. The third-order valence-electron chi connectivity index (χ3n) is 3.98. The van der Waals surface area contributed by atoms with Gasteiger partial charge in [-0.15, -0.1) is 5.10 Å². The lowest BCUT2D eigenvalue weighted by Gasteiger charge is -2.00. The molecule has 0 fully saturated rings. The maximum absolute atomic E-state index is 12.3. The number of aromatic nitrogens is 2. The minimum absolute atomic E-state index is 0.0272. The summed E-state index contributed by atoms with van der Waals surface area (Å²) in [7, 11) is 1.58. The number of amides is 1. The molecule has 0 bridgehead atoms. The Morgan fingerprint density at radius 1 is 1.19 bits per heavy atom. The van der Waals surface area contributed by atoms with Crippen molar-refractivity contribution in [2.45, 2.75) is 6.42 Å². The van der Waals surface area contributed by atoms with Crippen molar-refractivity contribution in [3.8, 4) is 17.2 Å². The molecule has 8 heteroatoms. The van der Waals surface area contributed by atoms with Crippen LogP contribution in [0.2, 0.25) is 5.02 Å². The second-order valence-corrected chi connectivity index (χ2v) is 6.20. The highest BCUT2D eigenvalue weighted by molar-refractivity contribution is 6.30. The SMILES string of the molecule is COc1ccc2c(CC(=O)Nc3nnc(-c4ccc(Cl)cc4)o3)coc2c1. The van der Waals surface area contributed by atoms with Crippen LogP contribution in [0.5, 0.6) is 5.75 Å². The fourth-order valence-corrected chi connectivity index (χ4v) is 2.77. The summed E-state index contributed by atoms with van der Waals surface area (Å²) < 4.78 is 16.1. The van der Waals surface area contributed by atoms with Gasteiger partial charge in [-0.3, -0.25) is 10.1 Å². The Hall–Kier alpha value is -3.32. The molecule has 0 unspecified atom stereocenters. The van der Waals surface area contributed by atoms with Crippen molar-refractivity contribution in [2.24, 2.45) is 0 Å². The van der Waals surface area contributed by atoms with E-state index in [-0.39, 0.29) is 18.3 Å². The van der Waals surface area contributed by atoms with E-state index < -0.39 is 0 Å². The fourth-order valence-electron chi connectivity index (χ4n) is 2.65. The van der Waals surface area contributed by atoms with Gasteiger partial charge >= 0.3 is 6.01 Å². The van der Waals surface area contributed by atoms with Gasteiger partial charge in [-0.2, -0.15) is 0 Å². The molecule has 4 rings (SSSR count). The standard InChI is InChI=1S/C19H14ClN3O4/c1-25-14-6-7-15-12(10-26-16(15)9-14)8-17(24)21-19-23-22-18(27-19)11-2-4-13(20)5-3-11/h2-7,9-10H,8H2,1H3,(H,21,23,24). The number of benzene rings is 2. The predicted octanol–water partition coefficient (Wildman–Crippen LogP) is 4.33. The zero-order valence-electron chi connectivity index (χ0n) is 14.2. The zero-order valence-corrected chi connectivity index (χ0v) is 15.0. The Kier molecular flexibility index (Phi) is 4.52. The molecule has 1 amide bonds. The van der Waals surface area contributed by atoms with Gasteiger partial charge in [0.2, 0.25) is 11.8 Å². The Morgan fingerprint density at radius 2 is 2.00 bits per heavy atom. The van der Waals surface area contributed by atoms with Gasteiger partial charge in [-0.05, 0) is 36.4 Å². The lowest BCUT2D eigenvalue weighted by molar-refractivity contribution is -0.115. The number of hydrogen-bond donors (Lipinski definition) is 1. The van der Waals surface area contributed by atoms with E-state index in [1.165, 1.54) is 0 Å². The van der Waals surface area contributed by atoms with Gasteiger partial charge in [-0.1, -0.05) is 16.7 Å². The van der Waals surface area contributed by atoms with Crippen LogP contribution in [0.4, 0.5) is 6.01 Å². The van der Waals surface area contributed by atoms with E-state index in [4.69, 9.17) is 25.2 Å². The summed E-state index contributed by atoms with van der Waals surface area (Å²) in [6.07, 6.45) is 1.66. The quantitative estimate of drug-likeness (QED) is 0.551. The van der Waals surface area contributed by atoms with E-state index in [1.807, 2.05) is 12.1 Å². The highest BCUT2D eigenvalue weighted by atomic mass is 35.5. The molecule has 0 aliphatic heterocycles. The molecule has 27 heavy (non-hydrogen) atoms. The number of hydrogen-bond acceptors (Lipinski definition) is 6. The Morgan fingerprint density at radius 3 is 2.78 bits per heavy atom. The monoisotopic (exact) mass is 383 g/mol. The van der Waals surface area contributed by atoms with Crippen molar-refractivity contribution in [3.05, 3.63) is 59.3 Å². The zero-order chi connectivity index (χ0) is 18.8. The highest BCUT2D eigenvalue weighted by Gasteiger charge is 2.15. The third kappa shape index (κ3) is 3.63. The van der Waals surface area contributed by atoms with Crippen LogP contribution in [-0.2, 0) is 11.2 Å². The van der Waals surface area contributed by atoms with Gasteiger partial charge < -0.3 is 13.6 Å². The first-order valence-corrected chi connectivity index (χ1v) is 8.43. The average Bonchev–Trinajstić information content (AvgIpc) is 3.29. The predicted molar refractivity (Wildman–Crippen MR) is 99.8 cm³/mol. The molecule has 0 saturated heterocycles.